The molecule has 150 valence electrons. The van der Waals surface area contributed by atoms with Crippen molar-refractivity contribution in [3.8, 4) is 0 Å². The van der Waals surface area contributed by atoms with Crippen LogP contribution in [0.4, 0.5) is 14.5 Å². The fourth-order valence-electron chi connectivity index (χ4n) is 3.54. The van der Waals surface area contributed by atoms with Crippen LogP contribution >= 0.6 is 11.8 Å². The predicted molar refractivity (Wildman–Crippen MR) is 108 cm³/mol. The second kappa shape index (κ2) is 10.0. The summed E-state index contributed by atoms with van der Waals surface area (Å²) in [5.41, 5.74) is 3.38. The Morgan fingerprint density at radius 3 is 2.32 bits per heavy atom. The SMILES string of the molecule is Cc1ccccc1C[NH+]1CC[NH+](CC(=O)Nc2ccc(SC(F)F)cc2)CC1. The van der Waals surface area contributed by atoms with Gasteiger partial charge in [-0.15, -0.1) is 0 Å². The highest BCUT2D eigenvalue weighted by molar-refractivity contribution is 7.99. The highest BCUT2D eigenvalue weighted by Crippen LogP contribution is 2.26. The molecule has 28 heavy (non-hydrogen) atoms. The van der Waals surface area contributed by atoms with E-state index in [1.807, 2.05) is 0 Å². The standard InChI is InChI=1S/C21H25F2N3OS/c1-16-4-2-3-5-17(16)14-25-10-12-26(13-11-25)15-20(27)24-18-6-8-19(9-7-18)28-21(22)23/h2-9,21H,10-15H2,1H3,(H,24,27)/p+2. The third kappa shape index (κ3) is 6.29. The first-order valence-electron chi connectivity index (χ1n) is 9.56. The van der Waals surface area contributed by atoms with E-state index in [0.717, 1.165) is 32.7 Å². The summed E-state index contributed by atoms with van der Waals surface area (Å²) in [7, 11) is 0. The molecule has 0 aliphatic carbocycles. The average molecular weight is 408 g/mol. The van der Waals surface area contributed by atoms with Gasteiger partial charge in [-0.25, -0.2) is 0 Å². The number of benzene rings is 2. The zero-order valence-electron chi connectivity index (χ0n) is 16.0. The van der Waals surface area contributed by atoms with Crippen LogP contribution in [0.1, 0.15) is 11.1 Å². The smallest absolute Gasteiger partial charge is 0.288 e. The maximum Gasteiger partial charge on any atom is 0.288 e. The number of aryl methyl sites for hydroxylation is 1. The predicted octanol–water partition coefficient (Wildman–Crippen LogP) is 1.23. The minimum absolute atomic E-state index is 0.0355. The van der Waals surface area contributed by atoms with E-state index in [-0.39, 0.29) is 5.91 Å². The lowest BCUT2D eigenvalue weighted by molar-refractivity contribution is -1.02. The van der Waals surface area contributed by atoms with Gasteiger partial charge in [0.15, 0.2) is 6.54 Å². The Morgan fingerprint density at radius 1 is 1.04 bits per heavy atom. The molecule has 0 radical (unpaired) electrons. The molecule has 1 fully saturated rings. The highest BCUT2D eigenvalue weighted by Gasteiger charge is 2.25. The molecule has 3 rings (SSSR count). The Kier molecular flexibility index (Phi) is 7.42. The van der Waals surface area contributed by atoms with Crippen molar-refractivity contribution in [2.75, 3.05) is 38.0 Å². The van der Waals surface area contributed by atoms with Gasteiger partial charge < -0.3 is 15.1 Å². The van der Waals surface area contributed by atoms with Crippen LogP contribution < -0.4 is 15.1 Å². The molecule has 1 aliphatic rings. The summed E-state index contributed by atoms with van der Waals surface area (Å²) in [5.74, 6) is -2.47. The Labute approximate surface area is 168 Å². The Bertz CT molecular complexity index is 777. The van der Waals surface area contributed by atoms with E-state index in [9.17, 15) is 13.6 Å². The van der Waals surface area contributed by atoms with Crippen molar-refractivity contribution in [2.24, 2.45) is 0 Å². The quantitative estimate of drug-likeness (QED) is 0.604. The van der Waals surface area contributed by atoms with Crippen molar-refractivity contribution in [2.45, 2.75) is 24.1 Å². The van der Waals surface area contributed by atoms with Crippen LogP contribution in [0.15, 0.2) is 53.4 Å². The second-order valence-corrected chi connectivity index (χ2v) is 8.29. The number of nitrogens with one attached hydrogen (secondary N) is 3. The van der Waals surface area contributed by atoms with Gasteiger partial charge in [0, 0.05) is 16.1 Å². The molecular formula is C21H27F2N3OS+2. The topological polar surface area (TPSA) is 38.0 Å². The molecular weight excluding hydrogens is 380 g/mol. The molecule has 0 aromatic heterocycles. The Hall–Kier alpha value is -1.96. The number of thioether (sulfide) groups is 1. The molecule has 4 nitrogen and oxygen atoms in total. The van der Waals surface area contributed by atoms with Gasteiger partial charge in [0.05, 0.1) is 0 Å². The van der Waals surface area contributed by atoms with Gasteiger partial charge >= 0.3 is 0 Å². The van der Waals surface area contributed by atoms with Crippen LogP contribution in [-0.4, -0.2) is 44.4 Å². The van der Waals surface area contributed by atoms with Crippen molar-refractivity contribution in [3.05, 3.63) is 59.7 Å². The van der Waals surface area contributed by atoms with Crippen molar-refractivity contribution in [3.63, 3.8) is 0 Å². The van der Waals surface area contributed by atoms with Crippen LogP contribution in [0, 0.1) is 6.92 Å². The molecule has 0 atom stereocenters. The number of hydrogen-bond donors (Lipinski definition) is 3. The largest absolute Gasteiger partial charge is 0.322 e. The van der Waals surface area contributed by atoms with Crippen molar-refractivity contribution in [1.82, 2.24) is 0 Å². The molecule has 1 amide bonds. The monoisotopic (exact) mass is 407 g/mol. The second-order valence-electron chi connectivity index (χ2n) is 7.23. The summed E-state index contributed by atoms with van der Waals surface area (Å²) >= 11 is 0.503. The molecule has 2 aromatic carbocycles. The number of rotatable bonds is 7. The first-order valence-corrected chi connectivity index (χ1v) is 10.4. The van der Waals surface area contributed by atoms with Crippen LogP contribution in [0.2, 0.25) is 0 Å². The number of alkyl halides is 2. The van der Waals surface area contributed by atoms with E-state index in [4.69, 9.17) is 0 Å². The van der Waals surface area contributed by atoms with E-state index in [0.29, 0.717) is 28.9 Å². The van der Waals surface area contributed by atoms with Gasteiger partial charge in [0.2, 0.25) is 0 Å². The minimum Gasteiger partial charge on any atom is -0.322 e. The molecule has 1 heterocycles. The Balaban J connectivity index is 1.41. The first-order chi connectivity index (χ1) is 13.5. The molecule has 1 saturated heterocycles. The molecule has 3 N–H and O–H groups in total. The van der Waals surface area contributed by atoms with Crippen molar-refractivity contribution in [1.29, 1.82) is 0 Å². The van der Waals surface area contributed by atoms with Gasteiger partial charge in [-0.3, -0.25) is 4.79 Å². The molecule has 0 saturated carbocycles. The van der Waals surface area contributed by atoms with Crippen LogP contribution in [-0.2, 0) is 11.3 Å². The first kappa shape index (κ1) is 20.8. The van der Waals surface area contributed by atoms with Crippen LogP contribution in [0.25, 0.3) is 0 Å². The number of halogens is 2. The average Bonchev–Trinajstić information content (AvgIpc) is 2.66. The van der Waals surface area contributed by atoms with Gasteiger partial charge in [0.25, 0.3) is 11.7 Å². The van der Waals surface area contributed by atoms with Gasteiger partial charge in [-0.2, -0.15) is 8.78 Å². The van der Waals surface area contributed by atoms with Crippen LogP contribution in [0.3, 0.4) is 0 Å². The number of piperazine rings is 1. The summed E-state index contributed by atoms with van der Waals surface area (Å²) in [6.45, 7) is 7.67. The van der Waals surface area contributed by atoms with Crippen LogP contribution in [0.5, 0.6) is 0 Å². The number of hydrogen-bond acceptors (Lipinski definition) is 2. The molecule has 0 bridgehead atoms. The lowest BCUT2D eigenvalue weighted by Gasteiger charge is -2.29. The summed E-state index contributed by atoms with van der Waals surface area (Å²) in [5, 5.41) is 2.86. The van der Waals surface area contributed by atoms with E-state index in [1.165, 1.54) is 16.0 Å². The lowest BCUT2D eigenvalue weighted by atomic mass is 10.1. The lowest BCUT2D eigenvalue weighted by Crippen LogP contribution is -3.28. The molecule has 2 aromatic rings. The van der Waals surface area contributed by atoms with Crippen molar-refractivity contribution >= 4 is 23.4 Å². The van der Waals surface area contributed by atoms with E-state index < -0.39 is 5.76 Å². The molecule has 0 spiro atoms. The summed E-state index contributed by atoms with van der Waals surface area (Å²) < 4.78 is 24.7. The van der Waals surface area contributed by atoms with Gasteiger partial charge in [0.1, 0.15) is 32.7 Å². The Morgan fingerprint density at radius 2 is 1.68 bits per heavy atom. The normalized spacial score (nSPS) is 19.6. The fraction of sp³-hybridized carbons (Fsp3) is 0.381. The molecule has 1 aliphatic heterocycles. The number of carbonyl (C=O) groups excluding carboxylic acids is 1. The zero-order valence-corrected chi connectivity index (χ0v) is 16.8. The maximum atomic E-state index is 12.3. The summed E-state index contributed by atoms with van der Waals surface area (Å²) in [4.78, 5) is 15.6. The van der Waals surface area contributed by atoms with Gasteiger partial charge in [-0.1, -0.05) is 36.0 Å². The zero-order chi connectivity index (χ0) is 19.9. The third-order valence-electron chi connectivity index (χ3n) is 5.14. The highest BCUT2D eigenvalue weighted by atomic mass is 32.2. The molecule has 7 heteroatoms. The number of anilines is 1. The summed E-state index contributed by atoms with van der Waals surface area (Å²) in [6.07, 6.45) is 0. The molecule has 0 unspecified atom stereocenters. The minimum atomic E-state index is -2.43. The van der Waals surface area contributed by atoms with E-state index in [1.54, 1.807) is 29.2 Å². The third-order valence-corrected chi connectivity index (χ3v) is 5.86. The number of amides is 1. The number of carbonyl (C=O) groups is 1. The number of quaternary nitrogens is 2. The summed E-state index contributed by atoms with van der Waals surface area (Å²) in [6, 6.07) is 15.1. The van der Waals surface area contributed by atoms with Crippen molar-refractivity contribution < 1.29 is 23.4 Å². The van der Waals surface area contributed by atoms with E-state index in [2.05, 4.69) is 36.5 Å². The fourth-order valence-corrected chi connectivity index (χ4v) is 4.04. The van der Waals surface area contributed by atoms with E-state index >= 15 is 0 Å². The maximum absolute atomic E-state index is 12.3. The van der Waals surface area contributed by atoms with Gasteiger partial charge in [-0.05, 0) is 36.8 Å².